The molecule has 0 unspecified atom stereocenters. The van der Waals surface area contributed by atoms with Gasteiger partial charge in [-0.15, -0.1) is 0 Å². The Morgan fingerprint density at radius 1 is 1.34 bits per heavy atom. The molecule has 1 aliphatic rings. The van der Waals surface area contributed by atoms with Crippen LogP contribution >= 0.6 is 11.6 Å². The maximum absolute atomic E-state index is 10.7. The van der Waals surface area contributed by atoms with Gasteiger partial charge in [-0.05, 0) is 19.4 Å². The van der Waals surface area contributed by atoms with E-state index in [2.05, 4.69) is 11.0 Å². The number of aliphatic carboxylic acids is 2. The summed E-state index contributed by atoms with van der Waals surface area (Å²) in [5.74, 6) is -2.93. The van der Waals surface area contributed by atoms with Crippen molar-refractivity contribution in [3.05, 3.63) is 28.8 Å². The average Bonchev–Trinajstić information content (AvgIpc) is 2.59. The number of carbonyl (C=O) groups is 2. The molecule has 1 aromatic rings. The highest BCUT2D eigenvalue weighted by Crippen LogP contribution is 2.37. The Hall–Kier alpha value is -2.51. The van der Waals surface area contributed by atoms with Crippen LogP contribution in [0.1, 0.15) is 25.3 Å². The number of likely N-dealkylation sites (tertiary alicyclic amines) is 1. The molecule has 0 spiro atoms. The normalized spacial score (nSPS) is 15.3. The summed E-state index contributed by atoms with van der Waals surface area (Å²) in [6.07, 6.45) is -4.66. The van der Waals surface area contributed by atoms with E-state index < -0.39 is 23.5 Å². The smallest absolute Gasteiger partial charge is 0.490 e. The quantitative estimate of drug-likeness (QED) is 0.672. The number of benzene rings is 1. The van der Waals surface area contributed by atoms with Crippen molar-refractivity contribution in [1.82, 2.24) is 4.90 Å². The third-order valence-corrected chi connectivity index (χ3v) is 4.38. The second-order valence-corrected chi connectivity index (χ2v) is 6.80. The van der Waals surface area contributed by atoms with Crippen molar-refractivity contribution in [3.8, 4) is 11.8 Å². The maximum atomic E-state index is 10.7. The molecule has 0 amide bonds. The zero-order valence-electron chi connectivity index (χ0n) is 15.5. The summed E-state index contributed by atoms with van der Waals surface area (Å²) in [7, 11) is 0. The van der Waals surface area contributed by atoms with Crippen LogP contribution in [0.15, 0.2) is 18.2 Å². The topological polar surface area (TPSA) is 111 Å². The number of nitrogens with zero attached hydrogens (tertiary/aromatic N) is 2. The van der Waals surface area contributed by atoms with Crippen LogP contribution in [-0.2, 0) is 16.1 Å². The minimum absolute atomic E-state index is 0.0305. The van der Waals surface area contributed by atoms with Gasteiger partial charge in [-0.25, -0.2) is 4.79 Å². The maximum Gasteiger partial charge on any atom is 0.490 e. The second-order valence-electron chi connectivity index (χ2n) is 6.40. The number of hydrogen-bond acceptors (Lipinski definition) is 5. The number of alkyl halides is 3. The largest absolute Gasteiger partial charge is 0.492 e. The Morgan fingerprint density at radius 2 is 1.93 bits per heavy atom. The summed E-state index contributed by atoms with van der Waals surface area (Å²) in [6, 6.07) is 7.90. The van der Waals surface area contributed by atoms with E-state index in [9.17, 15) is 23.2 Å². The number of para-hydroxylation sites is 1. The highest BCUT2D eigenvalue weighted by atomic mass is 35.5. The van der Waals surface area contributed by atoms with Crippen LogP contribution in [0, 0.1) is 16.7 Å². The van der Waals surface area contributed by atoms with Gasteiger partial charge in [-0.3, -0.25) is 9.69 Å². The van der Waals surface area contributed by atoms with Gasteiger partial charge in [-0.2, -0.15) is 18.4 Å². The van der Waals surface area contributed by atoms with Crippen LogP contribution in [0.3, 0.4) is 0 Å². The number of halogens is 4. The summed E-state index contributed by atoms with van der Waals surface area (Å²) < 4.78 is 37.3. The van der Waals surface area contributed by atoms with Crippen molar-refractivity contribution < 1.29 is 37.7 Å². The first-order chi connectivity index (χ1) is 13.4. The van der Waals surface area contributed by atoms with Crippen molar-refractivity contribution in [2.75, 3.05) is 19.7 Å². The molecule has 160 valence electrons. The van der Waals surface area contributed by atoms with E-state index in [1.807, 2.05) is 19.1 Å². The molecular formula is C18H20ClF3N2O5. The molecule has 0 bridgehead atoms. The van der Waals surface area contributed by atoms with Gasteiger partial charge in [-0.1, -0.05) is 23.7 Å². The van der Waals surface area contributed by atoms with Crippen LogP contribution in [0.4, 0.5) is 13.2 Å². The minimum Gasteiger partial charge on any atom is -0.492 e. The number of rotatable bonds is 7. The van der Waals surface area contributed by atoms with Gasteiger partial charge in [0.15, 0.2) is 0 Å². The Morgan fingerprint density at radius 3 is 2.38 bits per heavy atom. The molecule has 7 nitrogen and oxygen atoms in total. The van der Waals surface area contributed by atoms with Gasteiger partial charge >= 0.3 is 18.1 Å². The predicted molar refractivity (Wildman–Crippen MR) is 96.5 cm³/mol. The fraction of sp³-hybridized carbons (Fsp3) is 0.500. The van der Waals surface area contributed by atoms with E-state index in [-0.39, 0.29) is 6.42 Å². The molecule has 1 heterocycles. The van der Waals surface area contributed by atoms with Crippen LogP contribution in [-0.4, -0.2) is 52.9 Å². The minimum atomic E-state index is -5.08. The lowest BCUT2D eigenvalue weighted by Gasteiger charge is -2.45. The van der Waals surface area contributed by atoms with Gasteiger partial charge < -0.3 is 14.9 Å². The third kappa shape index (κ3) is 7.44. The Labute approximate surface area is 170 Å². The van der Waals surface area contributed by atoms with E-state index in [4.69, 9.17) is 31.3 Å². The Balaban J connectivity index is 0.000000516. The van der Waals surface area contributed by atoms with Crippen molar-refractivity contribution >= 4 is 23.5 Å². The first-order valence-electron chi connectivity index (χ1n) is 8.50. The van der Waals surface area contributed by atoms with Crippen molar-refractivity contribution in [1.29, 1.82) is 5.26 Å². The zero-order chi connectivity index (χ0) is 22.2. The molecule has 11 heteroatoms. The second kappa shape index (κ2) is 10.3. The summed E-state index contributed by atoms with van der Waals surface area (Å²) in [4.78, 5) is 21.7. The van der Waals surface area contributed by atoms with Gasteiger partial charge in [0.2, 0.25) is 0 Å². The molecule has 29 heavy (non-hydrogen) atoms. The molecular weight excluding hydrogens is 417 g/mol. The van der Waals surface area contributed by atoms with Crippen molar-refractivity contribution in [2.45, 2.75) is 32.5 Å². The summed E-state index contributed by atoms with van der Waals surface area (Å²) >= 11 is 6.16. The van der Waals surface area contributed by atoms with E-state index in [1.165, 1.54) is 0 Å². The SMILES string of the molecule is CCOc1c(Cl)cccc1CN1CC(C#N)(CCC(=O)O)C1.O=C(O)C(F)(F)F. The van der Waals surface area contributed by atoms with Gasteiger partial charge in [0.25, 0.3) is 0 Å². The molecule has 0 saturated carbocycles. The van der Waals surface area contributed by atoms with E-state index in [1.54, 1.807) is 6.07 Å². The molecule has 1 saturated heterocycles. The lowest BCUT2D eigenvalue weighted by molar-refractivity contribution is -0.192. The number of hydrogen-bond donors (Lipinski definition) is 2. The first kappa shape index (κ1) is 24.5. The van der Waals surface area contributed by atoms with Gasteiger partial charge in [0.05, 0.1) is 23.1 Å². The molecule has 0 aliphatic carbocycles. The van der Waals surface area contributed by atoms with Gasteiger partial charge in [0, 0.05) is 31.6 Å². The highest BCUT2D eigenvalue weighted by Gasteiger charge is 2.43. The van der Waals surface area contributed by atoms with Crippen molar-refractivity contribution in [3.63, 3.8) is 0 Å². The summed E-state index contributed by atoms with van der Waals surface area (Å²) in [5.41, 5.74) is 0.446. The molecule has 0 radical (unpaired) electrons. The summed E-state index contributed by atoms with van der Waals surface area (Å²) in [6.45, 7) is 4.25. The van der Waals surface area contributed by atoms with E-state index in [0.717, 1.165) is 5.56 Å². The third-order valence-electron chi connectivity index (χ3n) is 4.08. The van der Waals surface area contributed by atoms with Crippen LogP contribution < -0.4 is 4.74 Å². The van der Waals surface area contributed by atoms with Gasteiger partial charge in [0.1, 0.15) is 5.75 Å². The predicted octanol–water partition coefficient (Wildman–Crippen LogP) is 3.56. The molecule has 1 fully saturated rings. The Bertz CT molecular complexity index is 774. The van der Waals surface area contributed by atoms with E-state index >= 15 is 0 Å². The fourth-order valence-electron chi connectivity index (χ4n) is 2.78. The van der Waals surface area contributed by atoms with Crippen LogP contribution in [0.25, 0.3) is 0 Å². The molecule has 2 N–H and O–H groups in total. The zero-order valence-corrected chi connectivity index (χ0v) is 16.3. The van der Waals surface area contributed by atoms with E-state index in [0.29, 0.717) is 43.4 Å². The number of ether oxygens (including phenoxy) is 1. The van der Waals surface area contributed by atoms with Crippen LogP contribution in [0.5, 0.6) is 5.75 Å². The molecule has 1 aliphatic heterocycles. The molecule has 1 aromatic carbocycles. The average molecular weight is 437 g/mol. The monoisotopic (exact) mass is 436 g/mol. The van der Waals surface area contributed by atoms with Crippen molar-refractivity contribution in [2.24, 2.45) is 5.41 Å². The Kier molecular flexibility index (Phi) is 8.73. The van der Waals surface area contributed by atoms with Crippen LogP contribution in [0.2, 0.25) is 5.02 Å². The standard InChI is InChI=1S/C16H19ClN2O3.C2HF3O2/c1-2-22-15-12(4-3-5-13(15)17)8-19-10-16(9-18,11-19)7-6-14(20)21;3-2(4,5)1(6)7/h3-5H,2,6-8,10-11H2,1H3,(H,20,21);(H,6,7). The summed E-state index contributed by atoms with van der Waals surface area (Å²) in [5, 5.41) is 25.8. The molecule has 0 atom stereocenters. The molecule has 2 rings (SSSR count). The molecule has 0 aromatic heterocycles. The number of nitriles is 1. The number of carboxylic acid groups (broad SMARTS) is 2. The fourth-order valence-corrected chi connectivity index (χ4v) is 3.03. The first-order valence-corrected chi connectivity index (χ1v) is 8.87. The number of carboxylic acids is 2. The lowest BCUT2D eigenvalue weighted by Crippen LogP contribution is -2.55. The lowest BCUT2D eigenvalue weighted by atomic mass is 9.77. The highest BCUT2D eigenvalue weighted by molar-refractivity contribution is 6.32.